The van der Waals surface area contributed by atoms with Gasteiger partial charge in [-0.25, -0.2) is 9.59 Å². The molecule has 2 atom stereocenters. The van der Waals surface area contributed by atoms with Gasteiger partial charge < -0.3 is 14.4 Å². The van der Waals surface area contributed by atoms with Crippen LogP contribution in [0.2, 0.25) is 0 Å². The Bertz CT molecular complexity index is 690. The normalized spacial score (nSPS) is 12.6. The molecule has 0 radical (unpaired) electrons. The third-order valence-electron chi connectivity index (χ3n) is 4.62. The van der Waals surface area contributed by atoms with Crippen LogP contribution in [0.5, 0.6) is 0 Å². The Morgan fingerprint density at radius 3 is 2.21 bits per heavy atom. The van der Waals surface area contributed by atoms with Crippen LogP contribution in [0.15, 0.2) is 43.0 Å². The minimum atomic E-state index is -0.804. The number of hydrogen-bond donors (Lipinski definition) is 0. The number of nitrogens with zero attached hydrogens (tertiary/aromatic N) is 2. The number of carbonyl (C=O) groups excluding carboxylic acids is 3. The Balaban J connectivity index is 3.10. The topological polar surface area (TPSA) is 76.2 Å². The van der Waals surface area contributed by atoms with Crippen molar-refractivity contribution in [3.8, 4) is 0 Å². The third-order valence-corrected chi connectivity index (χ3v) is 4.62. The SMILES string of the molecule is C=CCOC(=O)N(C)[C@@H](CC(C)C)C(=O)N(C)[C@H](Cc1ccccc1)C(=O)OC. The van der Waals surface area contributed by atoms with Crippen molar-refractivity contribution in [2.45, 2.75) is 38.8 Å². The number of esters is 1. The zero-order valence-corrected chi connectivity index (χ0v) is 18.0. The van der Waals surface area contributed by atoms with Crippen molar-refractivity contribution in [2.24, 2.45) is 5.92 Å². The third kappa shape index (κ3) is 7.25. The van der Waals surface area contributed by atoms with Crippen LogP contribution in [-0.2, 0) is 25.5 Å². The average molecular weight is 405 g/mol. The molecule has 160 valence electrons. The molecule has 29 heavy (non-hydrogen) atoms. The van der Waals surface area contributed by atoms with Gasteiger partial charge in [-0.05, 0) is 17.9 Å². The van der Waals surface area contributed by atoms with Crippen LogP contribution in [0.3, 0.4) is 0 Å². The van der Waals surface area contributed by atoms with Crippen LogP contribution in [0, 0.1) is 5.92 Å². The first-order valence-electron chi connectivity index (χ1n) is 9.61. The summed E-state index contributed by atoms with van der Waals surface area (Å²) >= 11 is 0. The predicted octanol–water partition coefficient (Wildman–Crippen LogP) is 2.90. The Morgan fingerprint density at radius 2 is 1.69 bits per heavy atom. The molecule has 0 fully saturated rings. The first-order chi connectivity index (χ1) is 13.7. The van der Waals surface area contributed by atoms with Gasteiger partial charge in [0.15, 0.2) is 0 Å². The molecule has 0 aliphatic rings. The monoisotopic (exact) mass is 404 g/mol. The molecule has 0 aliphatic carbocycles. The van der Waals surface area contributed by atoms with Gasteiger partial charge in [0.05, 0.1) is 7.11 Å². The van der Waals surface area contributed by atoms with Gasteiger partial charge in [-0.3, -0.25) is 9.69 Å². The highest BCUT2D eigenvalue weighted by molar-refractivity contribution is 5.89. The molecule has 0 saturated heterocycles. The van der Waals surface area contributed by atoms with Crippen molar-refractivity contribution in [3.05, 3.63) is 48.6 Å². The number of carbonyl (C=O) groups is 3. The van der Waals surface area contributed by atoms with Crippen LogP contribution < -0.4 is 0 Å². The van der Waals surface area contributed by atoms with Gasteiger partial charge in [-0.15, -0.1) is 0 Å². The Kier molecular flexibility index (Phi) is 9.92. The highest BCUT2D eigenvalue weighted by Crippen LogP contribution is 2.17. The fourth-order valence-electron chi connectivity index (χ4n) is 2.97. The molecule has 0 unspecified atom stereocenters. The van der Waals surface area contributed by atoms with E-state index >= 15 is 0 Å². The molecule has 7 heteroatoms. The summed E-state index contributed by atoms with van der Waals surface area (Å²) in [5.74, 6) is -0.703. The average Bonchev–Trinajstić information content (AvgIpc) is 2.72. The quantitative estimate of drug-likeness (QED) is 0.443. The van der Waals surface area contributed by atoms with Crippen molar-refractivity contribution in [1.29, 1.82) is 0 Å². The van der Waals surface area contributed by atoms with Gasteiger partial charge in [0.1, 0.15) is 18.7 Å². The van der Waals surface area contributed by atoms with Crippen molar-refractivity contribution in [1.82, 2.24) is 9.80 Å². The number of amides is 2. The fraction of sp³-hybridized carbons (Fsp3) is 0.500. The van der Waals surface area contributed by atoms with Gasteiger partial charge in [0, 0.05) is 20.5 Å². The lowest BCUT2D eigenvalue weighted by Gasteiger charge is -2.34. The second-order valence-corrected chi connectivity index (χ2v) is 7.30. The summed E-state index contributed by atoms with van der Waals surface area (Å²) in [7, 11) is 4.38. The maximum absolute atomic E-state index is 13.3. The minimum Gasteiger partial charge on any atom is -0.467 e. The van der Waals surface area contributed by atoms with E-state index in [1.54, 1.807) is 7.05 Å². The molecule has 7 nitrogen and oxygen atoms in total. The maximum Gasteiger partial charge on any atom is 0.410 e. The summed E-state index contributed by atoms with van der Waals surface area (Å²) < 4.78 is 10.0. The number of likely N-dealkylation sites (N-methyl/N-ethyl adjacent to an activating group) is 2. The van der Waals surface area contributed by atoms with Crippen LogP contribution in [0.25, 0.3) is 0 Å². The first kappa shape index (κ1) is 24.2. The van der Waals surface area contributed by atoms with Crippen LogP contribution >= 0.6 is 0 Å². The molecule has 0 spiro atoms. The van der Waals surface area contributed by atoms with E-state index in [0.717, 1.165) is 5.56 Å². The molecular formula is C22H32N2O5. The second-order valence-electron chi connectivity index (χ2n) is 7.30. The van der Waals surface area contributed by atoms with E-state index in [0.29, 0.717) is 12.8 Å². The van der Waals surface area contributed by atoms with Gasteiger partial charge in [-0.2, -0.15) is 0 Å². The predicted molar refractivity (Wildman–Crippen MR) is 111 cm³/mol. The summed E-state index contributed by atoms with van der Waals surface area (Å²) in [6.45, 7) is 7.50. The van der Waals surface area contributed by atoms with Crippen LogP contribution in [0.1, 0.15) is 25.8 Å². The maximum atomic E-state index is 13.3. The number of benzene rings is 1. The summed E-state index contributed by atoms with van der Waals surface area (Å²) in [6, 6.07) is 7.83. The molecular weight excluding hydrogens is 372 g/mol. The van der Waals surface area contributed by atoms with Crippen molar-refractivity contribution in [2.75, 3.05) is 27.8 Å². The molecule has 0 aromatic heterocycles. The highest BCUT2D eigenvalue weighted by Gasteiger charge is 2.36. The number of ether oxygens (including phenoxy) is 2. The number of rotatable bonds is 10. The zero-order chi connectivity index (χ0) is 22.0. The Morgan fingerprint density at radius 1 is 1.07 bits per heavy atom. The van der Waals surface area contributed by atoms with E-state index < -0.39 is 24.1 Å². The van der Waals surface area contributed by atoms with Crippen LogP contribution in [-0.4, -0.2) is 67.7 Å². The second kappa shape index (κ2) is 11.9. The number of methoxy groups -OCH3 is 1. The van der Waals surface area contributed by atoms with Gasteiger partial charge in [0.2, 0.25) is 5.91 Å². The Hall–Kier alpha value is -2.83. The van der Waals surface area contributed by atoms with Gasteiger partial charge >= 0.3 is 12.1 Å². The molecule has 1 aromatic carbocycles. The molecule has 1 rings (SSSR count). The summed E-state index contributed by atoms with van der Waals surface area (Å²) in [6.07, 6.45) is 1.59. The van der Waals surface area contributed by atoms with E-state index in [9.17, 15) is 14.4 Å². The number of hydrogen-bond acceptors (Lipinski definition) is 5. The summed E-state index contributed by atoms with van der Waals surface area (Å²) in [4.78, 5) is 40.7. The molecule has 0 N–H and O–H groups in total. The van der Waals surface area contributed by atoms with E-state index in [-0.39, 0.29) is 18.4 Å². The van der Waals surface area contributed by atoms with Crippen molar-refractivity contribution < 1.29 is 23.9 Å². The molecule has 2 amide bonds. The van der Waals surface area contributed by atoms with E-state index in [2.05, 4.69) is 6.58 Å². The standard InChI is InChI=1S/C22H32N2O5/c1-7-13-29-22(27)24(5)18(14-16(2)3)20(25)23(4)19(21(26)28-6)15-17-11-9-8-10-12-17/h7-12,16,18-19H,1,13-15H2,2-6H3/t18-,19+/m0/s1. The zero-order valence-electron chi connectivity index (χ0n) is 18.0. The first-order valence-corrected chi connectivity index (χ1v) is 9.61. The van der Waals surface area contributed by atoms with Crippen molar-refractivity contribution in [3.63, 3.8) is 0 Å². The van der Waals surface area contributed by atoms with E-state index in [1.807, 2.05) is 44.2 Å². The largest absolute Gasteiger partial charge is 0.467 e. The molecule has 0 saturated carbocycles. The lowest BCUT2D eigenvalue weighted by molar-refractivity contribution is -0.153. The highest BCUT2D eigenvalue weighted by atomic mass is 16.6. The minimum absolute atomic E-state index is 0.0559. The molecule has 1 aromatic rings. The lowest BCUT2D eigenvalue weighted by atomic mass is 9.99. The van der Waals surface area contributed by atoms with Crippen molar-refractivity contribution >= 4 is 18.0 Å². The fourth-order valence-corrected chi connectivity index (χ4v) is 2.97. The van der Waals surface area contributed by atoms with E-state index in [1.165, 1.54) is 30.0 Å². The smallest absolute Gasteiger partial charge is 0.410 e. The lowest BCUT2D eigenvalue weighted by Crippen LogP contribution is -2.54. The summed E-state index contributed by atoms with van der Waals surface area (Å²) in [5, 5.41) is 0. The molecule has 0 aliphatic heterocycles. The summed E-state index contributed by atoms with van der Waals surface area (Å²) in [5.41, 5.74) is 0.904. The molecule has 0 heterocycles. The van der Waals surface area contributed by atoms with Crippen LogP contribution in [0.4, 0.5) is 4.79 Å². The Labute approximate surface area is 173 Å². The van der Waals surface area contributed by atoms with E-state index in [4.69, 9.17) is 9.47 Å². The molecule has 0 bridgehead atoms. The van der Waals surface area contributed by atoms with Gasteiger partial charge in [0.25, 0.3) is 0 Å². The van der Waals surface area contributed by atoms with Gasteiger partial charge in [-0.1, -0.05) is 56.8 Å².